The Balaban J connectivity index is 1.21. The van der Waals surface area contributed by atoms with Gasteiger partial charge in [-0.3, -0.25) is 4.79 Å². The van der Waals surface area contributed by atoms with Gasteiger partial charge >= 0.3 is 0 Å². The van der Waals surface area contributed by atoms with E-state index in [0.29, 0.717) is 12.3 Å². The summed E-state index contributed by atoms with van der Waals surface area (Å²) in [5, 5.41) is 5.50. The summed E-state index contributed by atoms with van der Waals surface area (Å²) in [7, 11) is 0. The predicted octanol–water partition coefficient (Wildman–Crippen LogP) is 5.45. The van der Waals surface area contributed by atoms with Crippen LogP contribution in [0.15, 0.2) is 97.1 Å². The lowest BCUT2D eigenvalue weighted by Crippen LogP contribution is -2.27. The van der Waals surface area contributed by atoms with Gasteiger partial charge in [0, 0.05) is 17.1 Å². The molecule has 4 aromatic carbocycles. The smallest absolute Gasteiger partial charge is 0.228 e. The van der Waals surface area contributed by atoms with Gasteiger partial charge in [-0.15, -0.1) is 0 Å². The van der Waals surface area contributed by atoms with Crippen LogP contribution in [0, 0.1) is 0 Å². The first-order valence-electron chi connectivity index (χ1n) is 10.8. The lowest BCUT2D eigenvalue weighted by Gasteiger charge is -2.13. The van der Waals surface area contributed by atoms with Crippen molar-refractivity contribution in [3.05, 3.63) is 114 Å². The average Bonchev–Trinajstić information content (AvgIpc) is 3.45. The van der Waals surface area contributed by atoms with Crippen LogP contribution in [0.4, 0.5) is 5.69 Å². The first-order valence-corrected chi connectivity index (χ1v) is 10.8. The molecule has 0 aliphatic heterocycles. The van der Waals surface area contributed by atoms with Crippen molar-refractivity contribution < 1.29 is 4.79 Å². The Kier molecular flexibility index (Phi) is 5.05. The lowest BCUT2D eigenvalue weighted by atomic mass is 9.97. The molecule has 1 aliphatic carbocycles. The monoisotopic (exact) mass is 406 g/mol. The molecule has 5 rings (SSSR count). The summed E-state index contributed by atoms with van der Waals surface area (Å²) < 4.78 is 0. The molecule has 0 saturated heterocycles. The Labute approximate surface area is 182 Å². The third-order valence-corrected chi connectivity index (χ3v) is 6.27. The molecule has 1 amide bonds. The van der Waals surface area contributed by atoms with Gasteiger partial charge in [-0.2, -0.15) is 0 Å². The summed E-state index contributed by atoms with van der Waals surface area (Å²) in [6.07, 6.45) is 2.24. The molecule has 3 N–H and O–H groups in total. The minimum Gasteiger partial charge on any atom is -0.326 e. The Morgan fingerprint density at radius 3 is 2.32 bits per heavy atom. The normalized spacial score (nSPS) is 19.8. The molecular formula is C28H26N2O. The summed E-state index contributed by atoms with van der Waals surface area (Å²) in [6, 6.07) is 33.0. The number of rotatable bonds is 6. The van der Waals surface area contributed by atoms with Gasteiger partial charge in [0.05, 0.1) is 6.42 Å². The highest BCUT2D eigenvalue weighted by Gasteiger charge is 2.51. The van der Waals surface area contributed by atoms with Crippen LogP contribution in [0.3, 0.4) is 0 Å². The number of hydrogen-bond donors (Lipinski definition) is 2. The number of fused-ring (bicyclic) bond motifs is 1. The van der Waals surface area contributed by atoms with Crippen molar-refractivity contribution in [3.63, 3.8) is 0 Å². The topological polar surface area (TPSA) is 55.1 Å². The minimum absolute atomic E-state index is 0.00477. The highest BCUT2D eigenvalue weighted by molar-refractivity contribution is 5.92. The second kappa shape index (κ2) is 8.01. The van der Waals surface area contributed by atoms with Crippen LogP contribution in [0.2, 0.25) is 0 Å². The number of nitrogens with one attached hydrogen (secondary N) is 1. The number of nitrogens with two attached hydrogens (primary N) is 1. The van der Waals surface area contributed by atoms with E-state index in [1.165, 1.54) is 21.9 Å². The summed E-state index contributed by atoms with van der Waals surface area (Å²) in [6.45, 7) is 0. The molecule has 4 aromatic rings. The number of anilines is 1. The van der Waals surface area contributed by atoms with Gasteiger partial charge in [0.15, 0.2) is 0 Å². The highest BCUT2D eigenvalue weighted by atomic mass is 16.1. The zero-order valence-corrected chi connectivity index (χ0v) is 17.4. The van der Waals surface area contributed by atoms with Crippen LogP contribution in [0.25, 0.3) is 10.8 Å². The number of benzene rings is 4. The average molecular weight is 407 g/mol. The van der Waals surface area contributed by atoms with Crippen molar-refractivity contribution in [1.29, 1.82) is 0 Å². The maximum atomic E-state index is 12.3. The van der Waals surface area contributed by atoms with Crippen LogP contribution in [0.1, 0.15) is 29.0 Å². The van der Waals surface area contributed by atoms with E-state index >= 15 is 0 Å². The van der Waals surface area contributed by atoms with Crippen LogP contribution in [-0.2, 0) is 17.6 Å². The molecule has 1 saturated carbocycles. The fourth-order valence-corrected chi connectivity index (χ4v) is 4.48. The van der Waals surface area contributed by atoms with Crippen LogP contribution >= 0.6 is 0 Å². The third-order valence-electron chi connectivity index (χ3n) is 6.27. The number of hydrogen-bond acceptors (Lipinski definition) is 2. The van der Waals surface area contributed by atoms with Crippen molar-refractivity contribution in [2.75, 3.05) is 5.32 Å². The number of amides is 1. The van der Waals surface area contributed by atoms with Gasteiger partial charge in [0.1, 0.15) is 0 Å². The van der Waals surface area contributed by atoms with E-state index in [1.54, 1.807) is 0 Å². The molecule has 0 aromatic heterocycles. The standard InChI is InChI=1S/C28H26N2O/c29-28(18-21-10-11-22-8-4-5-9-24(22)16-21)19-26(28)23-12-14-25(15-13-23)30-27(31)17-20-6-2-1-3-7-20/h1-16,26H,17-19,29H2,(H,30,31)/t26-,28-/m0/s1. The predicted molar refractivity (Wildman–Crippen MR) is 127 cm³/mol. The van der Waals surface area contributed by atoms with Crippen molar-refractivity contribution in [3.8, 4) is 0 Å². The first-order chi connectivity index (χ1) is 15.1. The molecule has 1 aliphatic rings. The Hall–Kier alpha value is -3.43. The van der Waals surface area contributed by atoms with E-state index in [2.05, 4.69) is 59.9 Å². The van der Waals surface area contributed by atoms with Crippen molar-refractivity contribution in [2.45, 2.75) is 30.7 Å². The van der Waals surface area contributed by atoms with Gasteiger partial charge in [0.25, 0.3) is 0 Å². The molecule has 3 heteroatoms. The van der Waals surface area contributed by atoms with E-state index < -0.39 is 0 Å². The molecule has 0 radical (unpaired) electrons. The Morgan fingerprint density at radius 1 is 0.839 bits per heavy atom. The zero-order chi connectivity index (χ0) is 21.3. The van der Waals surface area contributed by atoms with E-state index in [1.807, 2.05) is 42.5 Å². The molecule has 2 atom stereocenters. The molecule has 3 nitrogen and oxygen atoms in total. The highest BCUT2D eigenvalue weighted by Crippen LogP contribution is 2.51. The Morgan fingerprint density at radius 2 is 1.55 bits per heavy atom. The molecule has 0 unspecified atom stereocenters. The molecule has 0 heterocycles. The molecule has 154 valence electrons. The number of carbonyl (C=O) groups excluding carboxylic acids is 1. The van der Waals surface area contributed by atoms with Crippen molar-refractivity contribution >= 4 is 22.4 Å². The fraction of sp³-hybridized carbons (Fsp3) is 0.179. The summed E-state index contributed by atoms with van der Waals surface area (Å²) >= 11 is 0. The largest absolute Gasteiger partial charge is 0.326 e. The van der Waals surface area contributed by atoms with E-state index in [0.717, 1.165) is 24.1 Å². The quantitative estimate of drug-likeness (QED) is 0.447. The van der Waals surface area contributed by atoms with Gasteiger partial charge < -0.3 is 11.1 Å². The van der Waals surface area contributed by atoms with Crippen LogP contribution < -0.4 is 11.1 Å². The summed E-state index contributed by atoms with van der Waals surface area (Å²) in [4.78, 5) is 12.3. The Bertz CT molecular complexity index is 1220. The maximum Gasteiger partial charge on any atom is 0.228 e. The molecule has 0 bridgehead atoms. The van der Waals surface area contributed by atoms with Crippen LogP contribution in [0.5, 0.6) is 0 Å². The lowest BCUT2D eigenvalue weighted by molar-refractivity contribution is -0.115. The van der Waals surface area contributed by atoms with Crippen molar-refractivity contribution in [2.24, 2.45) is 5.73 Å². The molecule has 1 fully saturated rings. The third kappa shape index (κ3) is 4.37. The zero-order valence-electron chi connectivity index (χ0n) is 17.4. The SMILES string of the molecule is N[C@@]1(Cc2ccc3ccccc3c2)C[C@H]1c1ccc(NC(=O)Cc2ccccc2)cc1. The van der Waals surface area contributed by atoms with Crippen molar-refractivity contribution in [1.82, 2.24) is 0 Å². The van der Waals surface area contributed by atoms with Crippen LogP contribution in [-0.4, -0.2) is 11.4 Å². The van der Waals surface area contributed by atoms with Gasteiger partial charge in [-0.25, -0.2) is 0 Å². The van der Waals surface area contributed by atoms with E-state index in [4.69, 9.17) is 5.73 Å². The van der Waals surface area contributed by atoms with E-state index in [9.17, 15) is 4.79 Å². The minimum atomic E-state index is -0.194. The molecule has 31 heavy (non-hydrogen) atoms. The van der Waals surface area contributed by atoms with Gasteiger partial charge in [0.2, 0.25) is 5.91 Å². The van der Waals surface area contributed by atoms with Gasteiger partial charge in [-0.05, 0) is 52.4 Å². The maximum absolute atomic E-state index is 12.3. The summed E-state index contributed by atoms with van der Waals surface area (Å²) in [5.41, 5.74) is 10.9. The van der Waals surface area contributed by atoms with Gasteiger partial charge in [-0.1, -0.05) is 84.9 Å². The second-order valence-electron chi connectivity index (χ2n) is 8.68. The molecular weight excluding hydrogens is 380 g/mol. The van der Waals surface area contributed by atoms with E-state index in [-0.39, 0.29) is 11.4 Å². The molecule has 0 spiro atoms. The second-order valence-corrected chi connectivity index (χ2v) is 8.68. The summed E-state index contributed by atoms with van der Waals surface area (Å²) in [5.74, 6) is 0.350. The first kappa shape index (κ1) is 19.5. The fourth-order valence-electron chi connectivity index (χ4n) is 4.48. The number of carbonyl (C=O) groups is 1.